The van der Waals surface area contributed by atoms with E-state index in [-0.39, 0.29) is 10.8 Å². The highest BCUT2D eigenvalue weighted by Gasteiger charge is 2.64. The number of fused-ring (bicyclic) bond motifs is 5. The minimum absolute atomic E-state index is 0.273. The largest absolute Gasteiger partial charge is 0.393 e. The minimum Gasteiger partial charge on any atom is -0.393 e. The van der Waals surface area contributed by atoms with Gasteiger partial charge in [-0.15, -0.1) is 0 Å². The standard InChI is InChI=1S/C29H48O3/c1-18(2)19(3)8-7-9-20(4)23-10-11-24-22-16-26(31)29(32)17-21(30)12-15-28(29,6)25(22)13-14-27(23,24)5/h7,9,16,18-21,23-26,30-32H,8,10-15,17H2,1-6H3/b9-7+/t19?,20-,21+,23-,24?,25?,26-,27-,28-,29+/m1/s1. The molecule has 0 aromatic heterocycles. The van der Waals surface area contributed by atoms with Crippen LogP contribution in [-0.2, 0) is 0 Å². The number of hydrogen-bond acceptors (Lipinski definition) is 3. The average molecular weight is 445 g/mol. The molecule has 3 nitrogen and oxygen atoms in total. The number of aliphatic hydroxyl groups excluding tert-OH is 2. The van der Waals surface area contributed by atoms with Crippen molar-refractivity contribution in [3.63, 3.8) is 0 Å². The van der Waals surface area contributed by atoms with Crippen LogP contribution in [0.2, 0.25) is 0 Å². The molecule has 0 heterocycles. The van der Waals surface area contributed by atoms with Gasteiger partial charge < -0.3 is 15.3 Å². The average Bonchev–Trinajstić information content (AvgIpc) is 3.07. The number of rotatable bonds is 5. The molecule has 3 saturated carbocycles. The second-order valence-corrected chi connectivity index (χ2v) is 12.9. The van der Waals surface area contributed by atoms with Crippen molar-refractivity contribution in [2.45, 2.75) is 111 Å². The Kier molecular flexibility index (Phi) is 6.53. The quantitative estimate of drug-likeness (QED) is 0.464. The second kappa shape index (κ2) is 8.54. The smallest absolute Gasteiger partial charge is 0.102 e. The van der Waals surface area contributed by atoms with E-state index in [9.17, 15) is 15.3 Å². The lowest BCUT2D eigenvalue weighted by atomic mass is 9.45. The van der Waals surface area contributed by atoms with E-state index in [1.54, 1.807) is 0 Å². The highest BCUT2D eigenvalue weighted by Crippen LogP contribution is 2.67. The van der Waals surface area contributed by atoms with Crippen LogP contribution in [0.15, 0.2) is 23.8 Å². The molecule has 10 atom stereocenters. The summed E-state index contributed by atoms with van der Waals surface area (Å²) < 4.78 is 0. The van der Waals surface area contributed by atoms with Crippen molar-refractivity contribution >= 4 is 0 Å². The van der Waals surface area contributed by atoms with Crippen LogP contribution < -0.4 is 0 Å². The van der Waals surface area contributed by atoms with Crippen LogP contribution in [0, 0.1) is 46.3 Å². The molecule has 4 rings (SSSR count). The van der Waals surface area contributed by atoms with Gasteiger partial charge in [0.25, 0.3) is 0 Å². The molecule has 3 N–H and O–H groups in total. The first kappa shape index (κ1) is 24.5. The molecule has 0 spiro atoms. The van der Waals surface area contributed by atoms with Gasteiger partial charge >= 0.3 is 0 Å². The molecule has 0 bridgehead atoms. The Morgan fingerprint density at radius 3 is 2.41 bits per heavy atom. The molecule has 0 radical (unpaired) electrons. The van der Waals surface area contributed by atoms with Crippen LogP contribution >= 0.6 is 0 Å². The van der Waals surface area contributed by atoms with Crippen molar-refractivity contribution in [3.8, 4) is 0 Å². The van der Waals surface area contributed by atoms with Gasteiger partial charge in [0.2, 0.25) is 0 Å². The van der Waals surface area contributed by atoms with Crippen LogP contribution in [0.4, 0.5) is 0 Å². The molecular formula is C29H48O3. The van der Waals surface area contributed by atoms with Crippen LogP contribution in [0.1, 0.15) is 92.9 Å². The molecule has 4 aliphatic carbocycles. The normalized spacial score (nSPS) is 48.2. The highest BCUT2D eigenvalue weighted by atomic mass is 16.3. The van der Waals surface area contributed by atoms with Gasteiger partial charge in [0.1, 0.15) is 11.7 Å². The van der Waals surface area contributed by atoms with Crippen LogP contribution in [0.3, 0.4) is 0 Å². The van der Waals surface area contributed by atoms with E-state index in [2.05, 4.69) is 53.7 Å². The molecule has 182 valence electrons. The monoisotopic (exact) mass is 444 g/mol. The third kappa shape index (κ3) is 3.66. The Bertz CT molecular complexity index is 756. The molecule has 3 fully saturated rings. The lowest BCUT2D eigenvalue weighted by Gasteiger charge is -2.62. The van der Waals surface area contributed by atoms with Crippen LogP contribution in [0.25, 0.3) is 0 Å². The molecule has 0 aliphatic heterocycles. The fraction of sp³-hybridized carbons (Fsp3) is 0.862. The summed E-state index contributed by atoms with van der Waals surface area (Å²) in [5.41, 5.74) is 0.165. The summed E-state index contributed by atoms with van der Waals surface area (Å²) in [6.07, 6.45) is 13.3. The number of allylic oxidation sites excluding steroid dienone is 3. The molecule has 0 aromatic rings. The van der Waals surface area contributed by atoms with E-state index >= 15 is 0 Å². The van der Waals surface area contributed by atoms with E-state index in [1.165, 1.54) is 24.8 Å². The maximum atomic E-state index is 11.6. The molecule has 4 aliphatic rings. The zero-order valence-corrected chi connectivity index (χ0v) is 21.3. The fourth-order valence-electron chi connectivity index (χ4n) is 8.36. The summed E-state index contributed by atoms with van der Waals surface area (Å²) in [6, 6.07) is 0. The lowest BCUT2D eigenvalue weighted by molar-refractivity contribution is -0.210. The highest BCUT2D eigenvalue weighted by molar-refractivity contribution is 5.33. The van der Waals surface area contributed by atoms with E-state index in [0.717, 1.165) is 37.5 Å². The van der Waals surface area contributed by atoms with Crippen LogP contribution in [-0.4, -0.2) is 33.1 Å². The van der Waals surface area contributed by atoms with E-state index in [0.29, 0.717) is 30.1 Å². The Labute approximate surface area is 196 Å². The Hall–Kier alpha value is -0.640. The van der Waals surface area contributed by atoms with E-state index in [1.807, 2.05) is 6.08 Å². The molecule has 0 aromatic carbocycles. The number of aliphatic hydroxyl groups is 3. The molecule has 32 heavy (non-hydrogen) atoms. The first-order valence-corrected chi connectivity index (χ1v) is 13.4. The van der Waals surface area contributed by atoms with Crippen molar-refractivity contribution in [2.24, 2.45) is 46.3 Å². The Balaban J connectivity index is 1.56. The van der Waals surface area contributed by atoms with Crippen LogP contribution in [0.5, 0.6) is 0 Å². The van der Waals surface area contributed by atoms with Gasteiger partial charge in [-0.05, 0) is 85.9 Å². The van der Waals surface area contributed by atoms with Gasteiger partial charge in [-0.25, -0.2) is 0 Å². The molecular weight excluding hydrogens is 396 g/mol. The summed E-state index contributed by atoms with van der Waals surface area (Å²) in [4.78, 5) is 0. The van der Waals surface area contributed by atoms with Crippen molar-refractivity contribution in [3.05, 3.63) is 23.8 Å². The number of hydrogen-bond donors (Lipinski definition) is 3. The third-order valence-corrected chi connectivity index (χ3v) is 11.0. The summed E-state index contributed by atoms with van der Waals surface area (Å²) in [5, 5.41) is 33.0. The van der Waals surface area contributed by atoms with Gasteiger partial charge in [-0.1, -0.05) is 65.3 Å². The van der Waals surface area contributed by atoms with Gasteiger partial charge in [-0.3, -0.25) is 0 Å². The van der Waals surface area contributed by atoms with Gasteiger partial charge in [-0.2, -0.15) is 0 Å². The maximum absolute atomic E-state index is 11.6. The van der Waals surface area contributed by atoms with Crippen molar-refractivity contribution in [2.75, 3.05) is 0 Å². The maximum Gasteiger partial charge on any atom is 0.102 e. The van der Waals surface area contributed by atoms with Crippen molar-refractivity contribution in [1.82, 2.24) is 0 Å². The fourth-order valence-corrected chi connectivity index (χ4v) is 8.36. The van der Waals surface area contributed by atoms with E-state index in [4.69, 9.17) is 0 Å². The van der Waals surface area contributed by atoms with Gasteiger partial charge in [0.05, 0.1) is 6.10 Å². The zero-order chi connectivity index (χ0) is 23.5. The summed E-state index contributed by atoms with van der Waals surface area (Å²) in [7, 11) is 0. The summed E-state index contributed by atoms with van der Waals surface area (Å²) in [6.45, 7) is 14.1. The third-order valence-electron chi connectivity index (χ3n) is 11.0. The predicted octanol–water partition coefficient (Wildman–Crippen LogP) is 5.89. The molecule has 0 saturated heterocycles. The molecule has 3 unspecified atom stereocenters. The molecule has 3 heteroatoms. The Morgan fingerprint density at radius 1 is 1.00 bits per heavy atom. The topological polar surface area (TPSA) is 60.7 Å². The lowest BCUT2D eigenvalue weighted by Crippen LogP contribution is -2.65. The first-order chi connectivity index (χ1) is 14.9. The first-order valence-electron chi connectivity index (χ1n) is 13.4. The van der Waals surface area contributed by atoms with E-state index < -0.39 is 17.8 Å². The summed E-state index contributed by atoms with van der Waals surface area (Å²) in [5.74, 6) is 3.55. The Morgan fingerprint density at radius 2 is 1.72 bits per heavy atom. The van der Waals surface area contributed by atoms with Gasteiger partial charge in [0, 0.05) is 11.8 Å². The zero-order valence-electron chi connectivity index (χ0n) is 21.3. The van der Waals surface area contributed by atoms with Crippen molar-refractivity contribution in [1.29, 1.82) is 0 Å². The van der Waals surface area contributed by atoms with Gasteiger partial charge in [0.15, 0.2) is 0 Å². The minimum atomic E-state index is -1.20. The second-order valence-electron chi connectivity index (χ2n) is 12.9. The summed E-state index contributed by atoms with van der Waals surface area (Å²) >= 11 is 0. The SMILES string of the molecule is CC(C)C(C)C/C=C/[C@@H](C)[C@H]1CCC2C3=C[C@@H](O)[C@@]4(O)C[C@@H](O)CC[C@]4(C)C3CC[C@@]21C. The van der Waals surface area contributed by atoms with Crippen molar-refractivity contribution < 1.29 is 15.3 Å². The predicted molar refractivity (Wildman–Crippen MR) is 131 cm³/mol. The molecule has 0 amide bonds.